The third kappa shape index (κ3) is 3.72. The second kappa shape index (κ2) is 6.86. The molecule has 1 aromatic heterocycles. The van der Waals surface area contributed by atoms with E-state index in [0.29, 0.717) is 11.4 Å². The van der Waals surface area contributed by atoms with E-state index in [9.17, 15) is 9.18 Å². The van der Waals surface area contributed by atoms with Crippen LogP contribution < -0.4 is 10.1 Å². The van der Waals surface area contributed by atoms with Gasteiger partial charge in [0.05, 0.1) is 5.69 Å². The minimum Gasteiger partial charge on any atom is -0.481 e. The number of halogens is 1. The van der Waals surface area contributed by atoms with Crippen molar-refractivity contribution in [1.82, 2.24) is 20.2 Å². The second-order valence-electron chi connectivity index (χ2n) is 5.00. The first-order valence-corrected chi connectivity index (χ1v) is 7.18. The van der Waals surface area contributed by atoms with Gasteiger partial charge in [0.25, 0.3) is 5.91 Å². The van der Waals surface area contributed by atoms with Crippen molar-refractivity contribution >= 4 is 11.6 Å². The van der Waals surface area contributed by atoms with E-state index in [4.69, 9.17) is 4.74 Å². The van der Waals surface area contributed by atoms with Gasteiger partial charge in [-0.15, -0.1) is 5.10 Å². The molecule has 0 aliphatic carbocycles. The van der Waals surface area contributed by atoms with Gasteiger partial charge in [0.15, 0.2) is 6.10 Å². The number of nitrogens with zero attached hydrogens (tertiary/aromatic N) is 4. The van der Waals surface area contributed by atoms with Gasteiger partial charge in [-0.25, -0.2) is 9.07 Å². The zero-order valence-corrected chi connectivity index (χ0v) is 12.8. The Balaban J connectivity index is 1.60. The third-order valence-corrected chi connectivity index (χ3v) is 3.24. The fourth-order valence-corrected chi connectivity index (χ4v) is 1.99. The number of benzene rings is 2. The Labute approximate surface area is 137 Å². The number of carbonyl (C=O) groups excluding carboxylic acids is 1. The van der Waals surface area contributed by atoms with Crippen molar-refractivity contribution in [3.05, 3.63) is 60.7 Å². The predicted molar refractivity (Wildman–Crippen MR) is 84.3 cm³/mol. The topological polar surface area (TPSA) is 81.9 Å². The van der Waals surface area contributed by atoms with E-state index in [1.165, 1.54) is 35.3 Å². The molecule has 0 saturated carbocycles. The van der Waals surface area contributed by atoms with E-state index in [1.54, 1.807) is 31.2 Å². The number of hydrogen-bond acceptors (Lipinski definition) is 5. The van der Waals surface area contributed by atoms with Gasteiger partial charge in [0.1, 0.15) is 17.9 Å². The van der Waals surface area contributed by atoms with Crippen molar-refractivity contribution in [2.24, 2.45) is 0 Å². The standard InChI is InChI=1S/C16H14FN5O2/c1-11(24-15-8-2-12(17)3-9-15)16(23)19-13-4-6-14(7-5-13)22-10-18-20-21-22/h2-11H,1H3,(H,19,23)/t11-/m1/s1. The smallest absolute Gasteiger partial charge is 0.265 e. The van der Waals surface area contributed by atoms with E-state index in [0.717, 1.165) is 5.69 Å². The lowest BCUT2D eigenvalue weighted by molar-refractivity contribution is -0.122. The summed E-state index contributed by atoms with van der Waals surface area (Å²) in [7, 11) is 0. The van der Waals surface area contributed by atoms with Crippen LogP contribution in [-0.4, -0.2) is 32.2 Å². The van der Waals surface area contributed by atoms with E-state index < -0.39 is 6.10 Å². The molecule has 1 atom stereocenters. The number of carbonyl (C=O) groups is 1. The lowest BCUT2D eigenvalue weighted by Gasteiger charge is -2.15. The van der Waals surface area contributed by atoms with Crippen LogP contribution in [0.1, 0.15) is 6.92 Å². The van der Waals surface area contributed by atoms with Gasteiger partial charge < -0.3 is 10.1 Å². The maximum atomic E-state index is 12.9. The van der Waals surface area contributed by atoms with Crippen LogP contribution in [0.15, 0.2) is 54.9 Å². The first kappa shape index (κ1) is 15.6. The van der Waals surface area contributed by atoms with Gasteiger partial charge in [0.2, 0.25) is 0 Å². The molecule has 24 heavy (non-hydrogen) atoms. The first-order valence-electron chi connectivity index (χ1n) is 7.18. The summed E-state index contributed by atoms with van der Waals surface area (Å²) in [6, 6.07) is 12.5. The summed E-state index contributed by atoms with van der Waals surface area (Å²) < 4.78 is 19.8. The summed E-state index contributed by atoms with van der Waals surface area (Å²) in [6.45, 7) is 1.62. The number of rotatable bonds is 5. The van der Waals surface area contributed by atoms with E-state index in [2.05, 4.69) is 20.8 Å². The molecule has 0 unspecified atom stereocenters. The fourth-order valence-electron chi connectivity index (χ4n) is 1.99. The highest BCUT2D eigenvalue weighted by Gasteiger charge is 2.15. The Morgan fingerprint density at radius 2 is 1.88 bits per heavy atom. The van der Waals surface area contributed by atoms with Crippen LogP contribution in [0.25, 0.3) is 5.69 Å². The number of aromatic nitrogens is 4. The maximum Gasteiger partial charge on any atom is 0.265 e. The molecule has 7 nitrogen and oxygen atoms in total. The average molecular weight is 327 g/mol. The van der Waals surface area contributed by atoms with Gasteiger partial charge in [-0.2, -0.15) is 0 Å². The molecule has 1 N–H and O–H groups in total. The normalized spacial score (nSPS) is 11.8. The number of anilines is 1. The Morgan fingerprint density at radius 1 is 1.17 bits per heavy atom. The Kier molecular flexibility index (Phi) is 4.46. The number of tetrazole rings is 1. The molecule has 8 heteroatoms. The molecule has 3 rings (SSSR count). The largest absolute Gasteiger partial charge is 0.481 e. The molecule has 1 heterocycles. The van der Waals surface area contributed by atoms with Gasteiger partial charge in [-0.3, -0.25) is 4.79 Å². The molecule has 122 valence electrons. The lowest BCUT2D eigenvalue weighted by atomic mass is 10.2. The van der Waals surface area contributed by atoms with E-state index in [1.807, 2.05) is 0 Å². The van der Waals surface area contributed by atoms with Crippen LogP contribution >= 0.6 is 0 Å². The summed E-state index contributed by atoms with van der Waals surface area (Å²) >= 11 is 0. The molecule has 2 aromatic carbocycles. The zero-order valence-electron chi connectivity index (χ0n) is 12.8. The van der Waals surface area contributed by atoms with Crippen LogP contribution in [0.3, 0.4) is 0 Å². The maximum absolute atomic E-state index is 12.9. The lowest BCUT2D eigenvalue weighted by Crippen LogP contribution is -2.30. The first-order chi connectivity index (χ1) is 11.6. The molecular formula is C16H14FN5O2. The monoisotopic (exact) mass is 327 g/mol. The molecule has 0 fully saturated rings. The molecule has 3 aromatic rings. The summed E-state index contributed by atoms with van der Waals surface area (Å²) in [5.41, 5.74) is 1.39. The summed E-state index contributed by atoms with van der Waals surface area (Å²) in [5, 5.41) is 13.6. The van der Waals surface area contributed by atoms with Gasteiger partial charge in [0, 0.05) is 5.69 Å². The van der Waals surface area contributed by atoms with Crippen LogP contribution in [0.5, 0.6) is 5.75 Å². The van der Waals surface area contributed by atoms with Crippen molar-refractivity contribution < 1.29 is 13.9 Å². The fraction of sp³-hybridized carbons (Fsp3) is 0.125. The second-order valence-corrected chi connectivity index (χ2v) is 5.00. The van der Waals surface area contributed by atoms with Crippen molar-refractivity contribution in [2.45, 2.75) is 13.0 Å². The number of amides is 1. The highest BCUT2D eigenvalue weighted by atomic mass is 19.1. The quantitative estimate of drug-likeness (QED) is 0.777. The molecule has 0 saturated heterocycles. The number of ether oxygens (including phenoxy) is 1. The average Bonchev–Trinajstić information content (AvgIpc) is 3.12. The minimum atomic E-state index is -0.727. The van der Waals surface area contributed by atoms with Gasteiger partial charge in [-0.1, -0.05) is 0 Å². The summed E-state index contributed by atoms with van der Waals surface area (Å²) in [6.07, 6.45) is 0.751. The highest BCUT2D eigenvalue weighted by molar-refractivity contribution is 5.94. The van der Waals surface area contributed by atoms with Crippen LogP contribution in [0.2, 0.25) is 0 Å². The van der Waals surface area contributed by atoms with Gasteiger partial charge in [-0.05, 0) is 65.9 Å². The van der Waals surface area contributed by atoms with Crippen molar-refractivity contribution in [3.8, 4) is 11.4 Å². The number of nitrogens with one attached hydrogen (secondary N) is 1. The molecule has 1 amide bonds. The predicted octanol–water partition coefficient (Wildman–Crippen LogP) is 2.21. The molecule has 0 radical (unpaired) electrons. The van der Waals surface area contributed by atoms with Crippen molar-refractivity contribution in [2.75, 3.05) is 5.32 Å². The SMILES string of the molecule is C[C@@H](Oc1ccc(F)cc1)C(=O)Nc1ccc(-n2cnnn2)cc1. The summed E-state index contributed by atoms with van der Waals surface area (Å²) in [5.74, 6) is -0.246. The third-order valence-electron chi connectivity index (χ3n) is 3.24. The van der Waals surface area contributed by atoms with Gasteiger partial charge >= 0.3 is 0 Å². The summed E-state index contributed by atoms with van der Waals surface area (Å²) in [4.78, 5) is 12.1. The Hall–Kier alpha value is -3.29. The molecule has 0 aliphatic rings. The molecule has 0 aliphatic heterocycles. The van der Waals surface area contributed by atoms with Crippen molar-refractivity contribution in [1.29, 1.82) is 0 Å². The molecular weight excluding hydrogens is 313 g/mol. The molecule has 0 bridgehead atoms. The minimum absolute atomic E-state index is 0.311. The van der Waals surface area contributed by atoms with Crippen molar-refractivity contribution in [3.63, 3.8) is 0 Å². The Morgan fingerprint density at radius 3 is 2.50 bits per heavy atom. The molecule has 0 spiro atoms. The zero-order chi connectivity index (χ0) is 16.9. The van der Waals surface area contributed by atoms with Crippen LogP contribution in [0, 0.1) is 5.82 Å². The Bertz CT molecular complexity index is 803. The van der Waals surface area contributed by atoms with E-state index in [-0.39, 0.29) is 11.7 Å². The number of hydrogen-bond donors (Lipinski definition) is 1. The van der Waals surface area contributed by atoms with E-state index >= 15 is 0 Å². The van der Waals surface area contributed by atoms with Crippen LogP contribution in [-0.2, 0) is 4.79 Å². The highest BCUT2D eigenvalue weighted by Crippen LogP contribution is 2.15. The van der Waals surface area contributed by atoms with Crippen LogP contribution in [0.4, 0.5) is 10.1 Å².